The molecule has 1 nitrogen and oxygen atoms in total. The van der Waals surface area contributed by atoms with Gasteiger partial charge in [-0.1, -0.05) is 11.9 Å². The molecule has 0 aliphatic heterocycles. The quantitative estimate of drug-likeness (QED) is 0.326. The predicted molar refractivity (Wildman–Crippen MR) is 28.1 cm³/mol. The van der Waals surface area contributed by atoms with E-state index in [1.54, 1.807) is 6.92 Å². The standard InChI is InChI=1S/C4H5BN/c1-4(2-5)3-6/h2H2,1H3/q-1. The number of hydrogen-bond acceptors (Lipinski definition) is 0. The van der Waals surface area contributed by atoms with Crippen molar-refractivity contribution in [1.82, 2.24) is 0 Å². The summed E-state index contributed by atoms with van der Waals surface area (Å²) in [6.07, 6.45) is 0.385. The Morgan fingerprint density at radius 2 is 2.50 bits per heavy atom. The van der Waals surface area contributed by atoms with E-state index in [0.29, 0.717) is 11.9 Å². The predicted octanol–water partition coefficient (Wildman–Crippen LogP) is 0.759. The van der Waals surface area contributed by atoms with Gasteiger partial charge in [0.05, 0.1) is 7.85 Å². The van der Waals surface area contributed by atoms with Crippen LogP contribution >= 0.6 is 0 Å². The molecule has 30 valence electrons. The minimum atomic E-state index is 0.385. The molecule has 0 heterocycles. The number of hydrogen-bond donors (Lipinski definition) is 0. The first-order valence-electron chi connectivity index (χ1n) is 1.74. The van der Waals surface area contributed by atoms with Crippen molar-refractivity contribution >= 4 is 13.7 Å². The number of allylic oxidation sites excluding steroid dienone is 1. The van der Waals surface area contributed by atoms with Crippen molar-refractivity contribution in [1.29, 1.82) is 0 Å². The summed E-state index contributed by atoms with van der Waals surface area (Å²) in [5.41, 5.74) is 0.676. The lowest BCUT2D eigenvalue weighted by Gasteiger charge is -1.85. The molecule has 0 aromatic heterocycles. The van der Waals surface area contributed by atoms with Crippen molar-refractivity contribution in [3.8, 4) is 0 Å². The summed E-state index contributed by atoms with van der Waals surface area (Å²) >= 11 is 0. The molecule has 6 heavy (non-hydrogen) atoms. The third-order valence-corrected chi connectivity index (χ3v) is 0.497. The molecule has 2 heteroatoms. The Balaban J connectivity index is 3.52. The van der Waals surface area contributed by atoms with E-state index in [1.165, 1.54) is 0 Å². The monoisotopic (exact) mass is 78.1 g/mol. The lowest BCUT2D eigenvalue weighted by molar-refractivity contribution is 1.44. The summed E-state index contributed by atoms with van der Waals surface area (Å²) in [7, 11) is 5.02. The Morgan fingerprint density at radius 3 is 2.50 bits per heavy atom. The summed E-state index contributed by atoms with van der Waals surface area (Å²) in [5, 5.41) is 7.97. The summed E-state index contributed by atoms with van der Waals surface area (Å²) in [6.45, 7) is 1.71. The second-order valence-corrected chi connectivity index (χ2v) is 1.10. The van der Waals surface area contributed by atoms with Crippen LogP contribution in [0.15, 0.2) is 5.57 Å². The molecule has 0 N–H and O–H groups in total. The third-order valence-electron chi connectivity index (χ3n) is 0.497. The smallest absolute Gasteiger partial charge is 0.0719 e. The van der Waals surface area contributed by atoms with E-state index >= 15 is 0 Å². The zero-order chi connectivity index (χ0) is 4.99. The van der Waals surface area contributed by atoms with Crippen LogP contribution in [0.3, 0.4) is 0 Å². The van der Waals surface area contributed by atoms with Crippen molar-refractivity contribution in [2.24, 2.45) is 0 Å². The van der Waals surface area contributed by atoms with Gasteiger partial charge in [-0.25, -0.2) is 0 Å². The second kappa shape index (κ2) is 2.74. The van der Waals surface area contributed by atoms with Crippen LogP contribution in [0.2, 0.25) is 6.32 Å². The van der Waals surface area contributed by atoms with Gasteiger partial charge < -0.3 is 5.41 Å². The van der Waals surface area contributed by atoms with Gasteiger partial charge in [-0.2, -0.15) is 0 Å². The maximum Gasteiger partial charge on any atom is 0.0719 e. The Labute approximate surface area is 39.0 Å². The maximum atomic E-state index is 7.97. The molecule has 0 aliphatic carbocycles. The molecule has 0 aromatic carbocycles. The lowest BCUT2D eigenvalue weighted by Crippen LogP contribution is -1.69. The van der Waals surface area contributed by atoms with Crippen LogP contribution < -0.4 is 0 Å². The topological polar surface area (TPSA) is 22.3 Å². The van der Waals surface area contributed by atoms with E-state index in [2.05, 4.69) is 0 Å². The van der Waals surface area contributed by atoms with E-state index in [9.17, 15) is 0 Å². The first-order chi connectivity index (χ1) is 2.81. The molecule has 0 saturated carbocycles. The number of nitrogens with zero attached hydrogens (tertiary/aromatic N) is 1. The molecular weight excluding hydrogens is 72.9 g/mol. The summed E-state index contributed by atoms with van der Waals surface area (Å²) in [5.74, 6) is 1.91. The highest BCUT2D eigenvalue weighted by Gasteiger charge is 1.69. The average molecular weight is 77.9 g/mol. The molecule has 0 saturated heterocycles. The minimum absolute atomic E-state index is 0.385. The Morgan fingerprint density at radius 1 is 2.00 bits per heavy atom. The van der Waals surface area contributed by atoms with Crippen LogP contribution in [-0.2, 0) is 0 Å². The van der Waals surface area contributed by atoms with Gasteiger partial charge in [0.2, 0.25) is 0 Å². The molecular formula is C4H5BN-. The Hall–Kier alpha value is -0.485. The maximum absolute atomic E-state index is 7.97. The van der Waals surface area contributed by atoms with E-state index in [-0.39, 0.29) is 0 Å². The van der Waals surface area contributed by atoms with Gasteiger partial charge in [-0.05, 0) is 6.92 Å². The fourth-order valence-electron chi connectivity index (χ4n) is 0.0456. The van der Waals surface area contributed by atoms with Crippen LogP contribution in [0.4, 0.5) is 0 Å². The molecule has 0 bridgehead atoms. The van der Waals surface area contributed by atoms with Gasteiger partial charge in [0.15, 0.2) is 0 Å². The van der Waals surface area contributed by atoms with Gasteiger partial charge in [0.25, 0.3) is 0 Å². The Bertz CT molecular complexity index is 81.5. The van der Waals surface area contributed by atoms with Crippen LogP contribution in [0.25, 0.3) is 5.41 Å². The normalized spacial score (nSPS) is 6.83. The molecule has 0 amide bonds. The fourth-order valence-corrected chi connectivity index (χ4v) is 0.0456. The van der Waals surface area contributed by atoms with Gasteiger partial charge in [-0.15, -0.1) is 0 Å². The van der Waals surface area contributed by atoms with E-state index < -0.39 is 0 Å². The second-order valence-electron chi connectivity index (χ2n) is 1.10. The van der Waals surface area contributed by atoms with Crippen molar-refractivity contribution in [3.63, 3.8) is 0 Å². The number of rotatable bonds is 1. The third kappa shape index (κ3) is 1.80. The summed E-state index contributed by atoms with van der Waals surface area (Å²) < 4.78 is 0. The molecule has 0 rings (SSSR count). The molecule has 0 spiro atoms. The van der Waals surface area contributed by atoms with Gasteiger partial charge in [-0.3, -0.25) is 5.87 Å². The molecule has 0 atom stereocenters. The van der Waals surface area contributed by atoms with Crippen molar-refractivity contribution in [2.75, 3.05) is 0 Å². The first-order valence-corrected chi connectivity index (χ1v) is 1.74. The molecule has 0 aliphatic rings. The van der Waals surface area contributed by atoms with Gasteiger partial charge in [0, 0.05) is 0 Å². The molecule has 2 radical (unpaired) electrons. The fraction of sp³-hybridized carbons (Fsp3) is 0.500. The van der Waals surface area contributed by atoms with Crippen molar-refractivity contribution in [2.45, 2.75) is 13.2 Å². The molecule has 0 fully saturated rings. The minimum Gasteiger partial charge on any atom is -0.763 e. The van der Waals surface area contributed by atoms with Crippen molar-refractivity contribution < 1.29 is 0 Å². The van der Waals surface area contributed by atoms with Crippen molar-refractivity contribution in [3.05, 3.63) is 11.0 Å². The molecule has 0 unspecified atom stereocenters. The van der Waals surface area contributed by atoms with E-state index in [1.807, 2.05) is 5.87 Å². The lowest BCUT2D eigenvalue weighted by atomic mass is 9.99. The average Bonchev–Trinajstić information content (AvgIpc) is 1.65. The van der Waals surface area contributed by atoms with E-state index in [0.717, 1.165) is 0 Å². The highest BCUT2D eigenvalue weighted by atomic mass is 14.3. The Kier molecular flexibility index (Phi) is 2.52. The van der Waals surface area contributed by atoms with Crippen LogP contribution in [-0.4, -0.2) is 13.7 Å². The van der Waals surface area contributed by atoms with E-state index in [4.69, 9.17) is 13.3 Å². The van der Waals surface area contributed by atoms with Crippen LogP contribution in [0.1, 0.15) is 6.92 Å². The van der Waals surface area contributed by atoms with Crippen LogP contribution in [0, 0.1) is 0 Å². The highest BCUT2D eigenvalue weighted by Crippen LogP contribution is 1.86. The van der Waals surface area contributed by atoms with Gasteiger partial charge in [0.1, 0.15) is 0 Å². The first kappa shape index (κ1) is 5.51. The van der Waals surface area contributed by atoms with Crippen LogP contribution in [0.5, 0.6) is 0 Å². The summed E-state index contributed by atoms with van der Waals surface area (Å²) in [4.78, 5) is 0. The largest absolute Gasteiger partial charge is 0.763 e. The zero-order valence-corrected chi connectivity index (χ0v) is 3.73. The highest BCUT2D eigenvalue weighted by molar-refractivity contribution is 6.11. The molecule has 0 aromatic rings. The zero-order valence-electron chi connectivity index (χ0n) is 3.73. The summed E-state index contributed by atoms with van der Waals surface area (Å²) in [6, 6.07) is 0. The SMILES string of the molecule is [B]CC(C)=C=[N-]. The van der Waals surface area contributed by atoms with Gasteiger partial charge >= 0.3 is 0 Å².